The number of carbonyl (C=O) groups is 1. The summed E-state index contributed by atoms with van der Waals surface area (Å²) in [4.78, 5) is 9.78. The highest BCUT2D eigenvalue weighted by Gasteiger charge is 1.91. The predicted octanol–water partition coefficient (Wildman–Crippen LogP) is 1.01. The Morgan fingerprint density at radius 1 is 1.45 bits per heavy atom. The highest BCUT2D eigenvalue weighted by Crippen LogP contribution is 2.16. The molecule has 0 aliphatic heterocycles. The molecule has 4 radical (unpaired) electrons. The summed E-state index contributed by atoms with van der Waals surface area (Å²) in [7, 11) is 0. The number of ether oxygens (including phenoxy) is 1. The van der Waals surface area contributed by atoms with Gasteiger partial charge in [0.1, 0.15) is 11.5 Å². The van der Waals surface area contributed by atoms with Crippen molar-refractivity contribution in [3.8, 4) is 11.5 Å². The molecule has 1 aromatic carbocycles. The predicted molar refractivity (Wildman–Crippen MR) is 38.0 cm³/mol. The fraction of sp³-hybridized carbons (Fsp3) is 0. The van der Waals surface area contributed by atoms with Crippen LogP contribution >= 0.6 is 0 Å². The number of phenolic OH excluding ortho intramolecular Hbond substituents is 1. The lowest BCUT2D eigenvalue weighted by Gasteiger charge is -1.95. The number of carbonyl (C=O) groups excluding carboxylic acids is 1. The number of aromatic hydroxyl groups is 1. The van der Waals surface area contributed by atoms with Crippen LogP contribution in [-0.2, 0) is 4.79 Å². The van der Waals surface area contributed by atoms with Gasteiger partial charge in [-0.05, 0) is 12.1 Å². The van der Waals surface area contributed by atoms with Gasteiger partial charge in [-0.15, -0.1) is 0 Å². The van der Waals surface area contributed by atoms with Crippen molar-refractivity contribution in [1.82, 2.24) is 0 Å². The van der Waals surface area contributed by atoms with Gasteiger partial charge in [0.25, 0.3) is 6.47 Å². The van der Waals surface area contributed by atoms with Gasteiger partial charge in [0.15, 0.2) is 0 Å². The second-order valence-electron chi connectivity index (χ2n) is 1.71. The zero-order valence-electron chi connectivity index (χ0n) is 5.65. The molecular formula is C8H6O3. The first-order valence-corrected chi connectivity index (χ1v) is 2.72. The zero-order valence-corrected chi connectivity index (χ0v) is 5.65. The van der Waals surface area contributed by atoms with E-state index < -0.39 is 0 Å². The summed E-state index contributed by atoms with van der Waals surface area (Å²) < 4.78 is 4.45. The van der Waals surface area contributed by atoms with Crippen LogP contribution in [0.25, 0.3) is 0 Å². The lowest BCUT2D eigenvalue weighted by molar-refractivity contribution is -0.120. The summed E-state index contributed by atoms with van der Waals surface area (Å²) in [6.07, 6.45) is 0. The maximum atomic E-state index is 9.78. The van der Waals surface area contributed by atoms with Gasteiger partial charge in [-0.2, -0.15) is 0 Å². The van der Waals surface area contributed by atoms with Crippen molar-refractivity contribution in [2.75, 3.05) is 0 Å². The SMILES string of the molecule is O=COc1cccc(O)c1.[C]. The lowest BCUT2D eigenvalue weighted by Crippen LogP contribution is -1.86. The minimum absolute atomic E-state index is 0. The molecule has 0 spiro atoms. The Morgan fingerprint density at radius 2 is 2.18 bits per heavy atom. The quantitative estimate of drug-likeness (QED) is 0.640. The van der Waals surface area contributed by atoms with Crippen molar-refractivity contribution in [2.45, 2.75) is 0 Å². The monoisotopic (exact) mass is 150 g/mol. The Hall–Kier alpha value is -1.51. The maximum absolute atomic E-state index is 9.78. The number of rotatable bonds is 2. The first-order valence-electron chi connectivity index (χ1n) is 2.72. The standard InChI is InChI=1S/C7H6O3.C/c8-5-10-7-3-1-2-6(9)4-7;/h1-5,9H;. The minimum atomic E-state index is 0. The first kappa shape index (κ1) is 9.49. The molecule has 0 atom stereocenters. The molecule has 0 unspecified atom stereocenters. The van der Waals surface area contributed by atoms with Crippen LogP contribution in [0.1, 0.15) is 0 Å². The Morgan fingerprint density at radius 3 is 2.73 bits per heavy atom. The molecule has 0 heterocycles. The van der Waals surface area contributed by atoms with Gasteiger partial charge in [0, 0.05) is 13.5 Å². The summed E-state index contributed by atoms with van der Waals surface area (Å²) in [5.74, 6) is 0.425. The Balaban J connectivity index is 0.000001000. The summed E-state index contributed by atoms with van der Waals surface area (Å²) in [5, 5.41) is 8.84. The number of benzene rings is 1. The molecule has 0 aliphatic carbocycles. The molecular weight excluding hydrogens is 144 g/mol. The topological polar surface area (TPSA) is 46.5 Å². The van der Waals surface area contributed by atoms with Crippen LogP contribution in [0.5, 0.6) is 11.5 Å². The molecule has 0 aliphatic rings. The first-order chi connectivity index (χ1) is 4.83. The van der Waals surface area contributed by atoms with Crippen molar-refractivity contribution in [2.24, 2.45) is 0 Å². The molecule has 1 N–H and O–H groups in total. The summed E-state index contributed by atoms with van der Waals surface area (Å²) >= 11 is 0. The molecule has 3 heteroatoms. The van der Waals surface area contributed by atoms with Crippen molar-refractivity contribution in [1.29, 1.82) is 0 Å². The van der Waals surface area contributed by atoms with Crippen LogP contribution in [0.2, 0.25) is 0 Å². The van der Waals surface area contributed by atoms with E-state index in [0.29, 0.717) is 12.2 Å². The van der Waals surface area contributed by atoms with E-state index in [1.54, 1.807) is 12.1 Å². The van der Waals surface area contributed by atoms with Crippen LogP contribution in [0, 0.1) is 7.43 Å². The lowest BCUT2D eigenvalue weighted by atomic mass is 10.3. The van der Waals surface area contributed by atoms with E-state index in [1.807, 2.05) is 0 Å². The van der Waals surface area contributed by atoms with Gasteiger partial charge in [0.2, 0.25) is 0 Å². The van der Waals surface area contributed by atoms with Crippen molar-refractivity contribution in [3.63, 3.8) is 0 Å². The molecule has 0 amide bonds. The van der Waals surface area contributed by atoms with Crippen LogP contribution in [0.3, 0.4) is 0 Å². The van der Waals surface area contributed by atoms with Crippen molar-refractivity contribution < 1.29 is 14.6 Å². The zero-order chi connectivity index (χ0) is 7.40. The van der Waals surface area contributed by atoms with E-state index >= 15 is 0 Å². The van der Waals surface area contributed by atoms with Gasteiger partial charge in [0.05, 0.1) is 0 Å². The molecule has 0 aromatic heterocycles. The maximum Gasteiger partial charge on any atom is 0.298 e. The second-order valence-corrected chi connectivity index (χ2v) is 1.71. The molecule has 0 fully saturated rings. The third-order valence-corrected chi connectivity index (χ3v) is 1.00. The van der Waals surface area contributed by atoms with E-state index in [4.69, 9.17) is 5.11 Å². The molecule has 0 saturated heterocycles. The van der Waals surface area contributed by atoms with Gasteiger partial charge >= 0.3 is 0 Å². The smallest absolute Gasteiger partial charge is 0.298 e. The summed E-state index contributed by atoms with van der Waals surface area (Å²) in [6, 6.07) is 6.02. The third kappa shape index (κ3) is 2.71. The molecule has 0 bridgehead atoms. The van der Waals surface area contributed by atoms with E-state index in [9.17, 15) is 4.79 Å². The highest BCUT2D eigenvalue weighted by molar-refractivity contribution is 5.46. The van der Waals surface area contributed by atoms with Crippen molar-refractivity contribution in [3.05, 3.63) is 31.7 Å². The second kappa shape index (κ2) is 4.33. The number of hydrogen-bond acceptors (Lipinski definition) is 3. The third-order valence-electron chi connectivity index (χ3n) is 1.00. The Kier molecular flexibility index (Phi) is 3.73. The molecule has 1 aromatic rings. The average molecular weight is 150 g/mol. The molecule has 1 rings (SSSR count). The van der Waals surface area contributed by atoms with Gasteiger partial charge in [-0.25, -0.2) is 0 Å². The molecule has 56 valence electrons. The number of phenols is 1. The van der Waals surface area contributed by atoms with Crippen molar-refractivity contribution >= 4 is 6.47 Å². The van der Waals surface area contributed by atoms with E-state index in [0.717, 1.165) is 0 Å². The van der Waals surface area contributed by atoms with Crippen LogP contribution in [0.15, 0.2) is 24.3 Å². The average Bonchev–Trinajstić information content (AvgIpc) is 1.88. The van der Waals surface area contributed by atoms with Gasteiger partial charge in [-0.3, -0.25) is 4.79 Å². The van der Waals surface area contributed by atoms with E-state index in [2.05, 4.69) is 4.74 Å². The van der Waals surface area contributed by atoms with Gasteiger partial charge in [-0.1, -0.05) is 6.07 Å². The Labute approximate surface area is 65.2 Å². The molecule has 0 saturated carbocycles. The summed E-state index contributed by atoms with van der Waals surface area (Å²) in [6.45, 7) is 0.314. The molecule has 3 nitrogen and oxygen atoms in total. The van der Waals surface area contributed by atoms with Crippen LogP contribution in [-0.4, -0.2) is 11.6 Å². The van der Waals surface area contributed by atoms with E-state index in [1.165, 1.54) is 12.1 Å². The fourth-order valence-corrected chi connectivity index (χ4v) is 0.612. The number of hydrogen-bond donors (Lipinski definition) is 1. The van der Waals surface area contributed by atoms with Gasteiger partial charge < -0.3 is 9.84 Å². The normalized spacial score (nSPS) is 8.00. The largest absolute Gasteiger partial charge is 0.508 e. The minimum Gasteiger partial charge on any atom is -0.508 e. The van der Waals surface area contributed by atoms with E-state index in [-0.39, 0.29) is 13.2 Å². The Bertz CT molecular complexity index is 233. The fourth-order valence-electron chi connectivity index (χ4n) is 0.612. The van der Waals surface area contributed by atoms with Crippen LogP contribution < -0.4 is 4.74 Å². The molecule has 11 heavy (non-hydrogen) atoms. The highest BCUT2D eigenvalue weighted by atomic mass is 16.5. The summed E-state index contributed by atoms with van der Waals surface area (Å²) in [5.41, 5.74) is 0. The van der Waals surface area contributed by atoms with Crippen LogP contribution in [0.4, 0.5) is 0 Å².